The van der Waals surface area contributed by atoms with E-state index in [1.165, 1.54) is 12.3 Å². The number of ether oxygens (including phenoxy) is 2. The summed E-state index contributed by atoms with van der Waals surface area (Å²) < 4.78 is 31.9. The first-order valence-corrected chi connectivity index (χ1v) is 11.5. The van der Waals surface area contributed by atoms with Crippen LogP contribution in [0.25, 0.3) is 5.76 Å². The fraction of sp³-hybridized carbons (Fsp3) is 0.632. The van der Waals surface area contributed by atoms with Gasteiger partial charge in [0, 0.05) is 6.20 Å². The maximum Gasteiger partial charge on any atom is 0.251 e. The normalized spacial score (nSPS) is 12.8. The molecule has 0 aromatic carbocycles. The first-order valence-electron chi connectivity index (χ1n) is 8.60. The van der Waals surface area contributed by atoms with Gasteiger partial charge in [-0.15, -0.1) is 0 Å². The number of nitrogens with zero attached hydrogens (tertiary/aromatic N) is 1. The van der Waals surface area contributed by atoms with Crippen LogP contribution in [0.5, 0.6) is 5.88 Å². The standard InChI is InChI=1S/C19H32FNO3Si/c1-10-22-14(2)15-11-12-21-17(16(15)20)23-13-19(6,7)24-25(8,9)18(3,4)5/h11-12H,2,10,13H2,1,3-9H3. The van der Waals surface area contributed by atoms with Crippen molar-refractivity contribution in [1.82, 2.24) is 4.98 Å². The largest absolute Gasteiger partial charge is 0.494 e. The summed E-state index contributed by atoms with van der Waals surface area (Å²) in [7, 11) is -1.96. The molecule has 1 rings (SSSR count). The molecule has 0 unspecified atom stereocenters. The van der Waals surface area contributed by atoms with Crippen LogP contribution in [-0.2, 0) is 9.16 Å². The summed E-state index contributed by atoms with van der Waals surface area (Å²) in [6, 6.07) is 1.53. The van der Waals surface area contributed by atoms with Crippen molar-refractivity contribution in [3.05, 3.63) is 30.2 Å². The molecule has 142 valence electrons. The van der Waals surface area contributed by atoms with Crippen LogP contribution in [0.3, 0.4) is 0 Å². The highest BCUT2D eigenvalue weighted by molar-refractivity contribution is 6.74. The lowest BCUT2D eigenvalue weighted by atomic mass is 10.2. The summed E-state index contributed by atoms with van der Waals surface area (Å²) in [6.07, 6.45) is 1.49. The fourth-order valence-electron chi connectivity index (χ4n) is 2.11. The van der Waals surface area contributed by atoms with Crippen molar-refractivity contribution in [2.24, 2.45) is 0 Å². The minimum absolute atomic E-state index is 0.0646. The second kappa shape index (κ2) is 7.87. The Morgan fingerprint density at radius 2 is 1.84 bits per heavy atom. The number of halogens is 1. The molecule has 0 saturated carbocycles. The Bertz CT molecular complexity index is 609. The summed E-state index contributed by atoms with van der Waals surface area (Å²) in [5, 5.41) is 0.0862. The first-order chi connectivity index (χ1) is 11.3. The number of hydrogen-bond donors (Lipinski definition) is 0. The number of aromatic nitrogens is 1. The van der Waals surface area contributed by atoms with Crippen LogP contribution in [-0.4, -0.2) is 32.1 Å². The van der Waals surface area contributed by atoms with E-state index in [1.54, 1.807) is 0 Å². The highest BCUT2D eigenvalue weighted by Gasteiger charge is 2.41. The Morgan fingerprint density at radius 3 is 2.36 bits per heavy atom. The van der Waals surface area contributed by atoms with Crippen molar-refractivity contribution in [2.45, 2.75) is 65.3 Å². The van der Waals surface area contributed by atoms with Gasteiger partial charge in [0.2, 0.25) is 0 Å². The zero-order chi connectivity index (χ0) is 19.5. The zero-order valence-electron chi connectivity index (χ0n) is 16.8. The maximum absolute atomic E-state index is 14.6. The van der Waals surface area contributed by atoms with Gasteiger partial charge in [-0.1, -0.05) is 27.4 Å². The molecule has 0 N–H and O–H groups in total. The third-order valence-electron chi connectivity index (χ3n) is 4.37. The minimum atomic E-state index is -1.96. The van der Waals surface area contributed by atoms with Crippen LogP contribution in [0.15, 0.2) is 18.8 Å². The molecular weight excluding hydrogens is 337 g/mol. The van der Waals surface area contributed by atoms with Crippen molar-refractivity contribution in [3.8, 4) is 5.88 Å². The lowest BCUT2D eigenvalue weighted by Gasteiger charge is -2.42. The predicted molar refractivity (Wildman–Crippen MR) is 103 cm³/mol. The van der Waals surface area contributed by atoms with Gasteiger partial charge in [-0.3, -0.25) is 0 Å². The van der Waals surface area contributed by atoms with Crippen molar-refractivity contribution in [3.63, 3.8) is 0 Å². The molecule has 1 aromatic rings. The summed E-state index contributed by atoms with van der Waals surface area (Å²) >= 11 is 0. The second-order valence-corrected chi connectivity index (χ2v) is 13.0. The third kappa shape index (κ3) is 5.82. The fourth-order valence-corrected chi connectivity index (χ4v) is 3.85. The number of pyridine rings is 1. The SMILES string of the molecule is C=C(OCC)c1ccnc(OCC(C)(C)O[Si](C)(C)C(C)(C)C)c1F. The van der Waals surface area contributed by atoms with E-state index in [0.29, 0.717) is 6.61 Å². The van der Waals surface area contributed by atoms with Crippen LogP contribution in [0.1, 0.15) is 47.1 Å². The lowest BCUT2D eigenvalue weighted by Crippen LogP contribution is -2.49. The van der Waals surface area contributed by atoms with E-state index in [0.717, 1.165) is 0 Å². The molecule has 0 atom stereocenters. The topological polar surface area (TPSA) is 40.6 Å². The van der Waals surface area contributed by atoms with E-state index < -0.39 is 19.7 Å². The smallest absolute Gasteiger partial charge is 0.251 e. The quantitative estimate of drug-likeness (QED) is 0.454. The van der Waals surface area contributed by atoms with Crippen LogP contribution < -0.4 is 4.74 Å². The molecule has 0 amide bonds. The Labute approximate surface area is 152 Å². The van der Waals surface area contributed by atoms with Crippen molar-refractivity contribution in [2.75, 3.05) is 13.2 Å². The molecule has 1 aromatic heterocycles. The summed E-state index contributed by atoms with van der Waals surface area (Å²) in [5.41, 5.74) is -0.292. The molecule has 0 aliphatic carbocycles. The molecule has 6 heteroatoms. The molecule has 0 bridgehead atoms. The molecule has 1 heterocycles. The summed E-state index contributed by atoms with van der Waals surface area (Å²) in [4.78, 5) is 3.99. The average molecular weight is 370 g/mol. The molecule has 4 nitrogen and oxygen atoms in total. The molecule has 0 fully saturated rings. The van der Waals surface area contributed by atoms with Crippen molar-refractivity contribution in [1.29, 1.82) is 0 Å². The summed E-state index contributed by atoms with van der Waals surface area (Å²) in [6.45, 7) is 21.0. The zero-order valence-corrected chi connectivity index (χ0v) is 17.8. The Balaban J connectivity index is 2.87. The second-order valence-electron chi connectivity index (χ2n) is 8.24. The van der Waals surface area contributed by atoms with Crippen LogP contribution >= 0.6 is 0 Å². The van der Waals surface area contributed by atoms with Crippen molar-refractivity contribution < 1.29 is 18.3 Å². The first kappa shape index (κ1) is 21.6. The molecule has 0 saturated heterocycles. The average Bonchev–Trinajstić information content (AvgIpc) is 2.44. The van der Waals surface area contributed by atoms with Crippen LogP contribution in [0.4, 0.5) is 4.39 Å². The van der Waals surface area contributed by atoms with E-state index in [1.807, 2.05) is 20.8 Å². The van der Waals surface area contributed by atoms with E-state index in [9.17, 15) is 4.39 Å². The van der Waals surface area contributed by atoms with Crippen LogP contribution in [0, 0.1) is 5.82 Å². The predicted octanol–water partition coefficient (Wildman–Crippen LogP) is 5.41. The van der Waals surface area contributed by atoms with Gasteiger partial charge in [0.1, 0.15) is 12.4 Å². The van der Waals surface area contributed by atoms with Gasteiger partial charge >= 0.3 is 0 Å². The monoisotopic (exact) mass is 369 g/mol. The van der Waals surface area contributed by atoms with E-state index in [4.69, 9.17) is 13.9 Å². The van der Waals surface area contributed by atoms with Gasteiger partial charge < -0.3 is 13.9 Å². The molecule has 0 spiro atoms. The van der Waals surface area contributed by atoms with Gasteiger partial charge in [0.05, 0.1) is 17.8 Å². The Kier molecular flexibility index (Phi) is 6.81. The molecule has 0 aliphatic heterocycles. The lowest BCUT2D eigenvalue weighted by molar-refractivity contribution is 0.0359. The number of rotatable bonds is 8. The van der Waals surface area contributed by atoms with E-state index in [-0.39, 0.29) is 28.8 Å². The Morgan fingerprint density at radius 1 is 1.24 bits per heavy atom. The van der Waals surface area contributed by atoms with E-state index in [2.05, 4.69) is 45.4 Å². The highest BCUT2D eigenvalue weighted by atomic mass is 28.4. The van der Waals surface area contributed by atoms with E-state index >= 15 is 0 Å². The molecule has 0 radical (unpaired) electrons. The number of hydrogen-bond acceptors (Lipinski definition) is 4. The summed E-state index contributed by atoms with van der Waals surface area (Å²) in [5.74, 6) is -0.363. The maximum atomic E-state index is 14.6. The van der Waals surface area contributed by atoms with Gasteiger partial charge in [0.15, 0.2) is 14.1 Å². The van der Waals surface area contributed by atoms with Crippen LogP contribution in [0.2, 0.25) is 18.1 Å². The Hall–Kier alpha value is -1.40. The van der Waals surface area contributed by atoms with Gasteiger partial charge in [-0.25, -0.2) is 9.37 Å². The van der Waals surface area contributed by atoms with Crippen molar-refractivity contribution >= 4 is 14.1 Å². The molecular formula is C19H32FNO3Si. The van der Waals surface area contributed by atoms with Gasteiger partial charge in [-0.2, -0.15) is 0 Å². The molecule has 0 aliphatic rings. The highest BCUT2D eigenvalue weighted by Crippen LogP contribution is 2.39. The third-order valence-corrected chi connectivity index (χ3v) is 9.05. The molecule has 25 heavy (non-hydrogen) atoms. The van der Waals surface area contributed by atoms with Gasteiger partial charge in [-0.05, 0) is 45.0 Å². The minimum Gasteiger partial charge on any atom is -0.494 e. The van der Waals surface area contributed by atoms with Gasteiger partial charge in [0.25, 0.3) is 5.88 Å².